The summed E-state index contributed by atoms with van der Waals surface area (Å²) in [5.74, 6) is -0.802. The van der Waals surface area contributed by atoms with Crippen molar-refractivity contribution in [2.45, 2.75) is 25.2 Å². The number of nitrogens with zero attached hydrogens (tertiary/aromatic N) is 4. The number of nitro benzene ring substituents is 1. The number of esters is 1. The van der Waals surface area contributed by atoms with Gasteiger partial charge in [0.25, 0.3) is 21.6 Å². The molecule has 1 aliphatic heterocycles. The third-order valence-corrected chi connectivity index (χ3v) is 10.6. The van der Waals surface area contributed by atoms with Crippen LogP contribution in [-0.4, -0.2) is 69.4 Å². The number of benzene rings is 4. The Hall–Kier alpha value is -5.69. The number of anilines is 2. The topological polar surface area (TPSA) is 144 Å². The Morgan fingerprint density at radius 3 is 2.28 bits per heavy atom. The molecule has 0 radical (unpaired) electrons. The number of ether oxygens (including phenoxy) is 1. The second-order valence-electron chi connectivity index (χ2n) is 11.8. The van der Waals surface area contributed by atoms with Crippen LogP contribution in [0.15, 0.2) is 106 Å². The van der Waals surface area contributed by atoms with Crippen molar-refractivity contribution in [3.8, 4) is 0 Å². The van der Waals surface area contributed by atoms with E-state index in [2.05, 4.69) is 4.90 Å². The van der Waals surface area contributed by atoms with E-state index in [1.165, 1.54) is 40.7 Å². The molecule has 2 heterocycles. The van der Waals surface area contributed by atoms with Crippen LogP contribution in [0.4, 0.5) is 17.1 Å². The third kappa shape index (κ3) is 6.90. The lowest BCUT2D eigenvalue weighted by molar-refractivity contribution is -0.384. The van der Waals surface area contributed by atoms with Gasteiger partial charge in [0.05, 0.1) is 27.8 Å². The normalized spacial score (nSPS) is 13.3. The highest BCUT2D eigenvalue weighted by Gasteiger charge is 2.31. The number of fused-ring (bicyclic) bond motifs is 1. The Bertz CT molecular complexity index is 2140. The molecule has 1 aliphatic rings. The van der Waals surface area contributed by atoms with E-state index >= 15 is 0 Å². The number of non-ortho nitro benzene ring substituents is 1. The maximum atomic E-state index is 14.6. The largest absolute Gasteiger partial charge is 0.460 e. The van der Waals surface area contributed by atoms with Gasteiger partial charge in [-0.2, -0.15) is 0 Å². The SMILES string of the molecule is CCOC(=O)c1oc2ccc(S(=O)(=O)N(CCc3ccccc3)c3ccccc3N3CCN(C(=O)c4ccc([N+](=O)[O-])cc4)CC3)cc2c1C. The molecule has 1 saturated heterocycles. The molecule has 12 nitrogen and oxygen atoms in total. The summed E-state index contributed by atoms with van der Waals surface area (Å²) in [7, 11) is -4.15. The summed E-state index contributed by atoms with van der Waals surface area (Å²) < 4.78 is 41.6. The lowest BCUT2D eigenvalue weighted by Gasteiger charge is -2.38. The molecule has 0 atom stereocenters. The second-order valence-corrected chi connectivity index (χ2v) is 13.7. The number of sulfonamides is 1. The molecule has 258 valence electrons. The standard InChI is InChI=1S/C37H36N4O8S/c1-3-48-37(43)35-26(2)31-25-30(17-18-34(31)49-35)50(46,47)40(20-19-27-9-5-4-6-10-27)33-12-8-7-11-32(33)38-21-23-39(24-22-38)36(42)28-13-15-29(16-14-28)41(44)45/h4-18,25H,3,19-24H2,1-2H3. The summed E-state index contributed by atoms with van der Waals surface area (Å²) in [5, 5.41) is 11.5. The number of hydrogen-bond donors (Lipinski definition) is 0. The molecule has 0 bridgehead atoms. The van der Waals surface area contributed by atoms with E-state index in [9.17, 15) is 28.1 Å². The molecule has 1 aromatic heterocycles. The van der Waals surface area contributed by atoms with Crippen LogP contribution in [0.5, 0.6) is 0 Å². The smallest absolute Gasteiger partial charge is 0.374 e. The average Bonchev–Trinajstić information content (AvgIpc) is 3.47. The zero-order chi connectivity index (χ0) is 35.4. The van der Waals surface area contributed by atoms with E-state index in [-0.39, 0.29) is 35.4 Å². The van der Waals surface area contributed by atoms with Crippen molar-refractivity contribution in [3.63, 3.8) is 0 Å². The molecule has 0 saturated carbocycles. The summed E-state index contributed by atoms with van der Waals surface area (Å²) in [6.45, 7) is 5.36. The van der Waals surface area contributed by atoms with Gasteiger partial charge < -0.3 is 19.0 Å². The summed E-state index contributed by atoms with van der Waals surface area (Å²) in [4.78, 5) is 40.0. The van der Waals surface area contributed by atoms with Crippen LogP contribution in [0.25, 0.3) is 11.0 Å². The monoisotopic (exact) mass is 696 g/mol. The number of hydrogen-bond acceptors (Lipinski definition) is 9. The van der Waals surface area contributed by atoms with E-state index in [0.29, 0.717) is 66.1 Å². The second kappa shape index (κ2) is 14.4. The zero-order valence-corrected chi connectivity index (χ0v) is 28.5. The van der Waals surface area contributed by atoms with Gasteiger partial charge >= 0.3 is 5.97 Å². The number of furan rings is 1. The number of piperazine rings is 1. The molecule has 0 aliphatic carbocycles. The number of para-hydroxylation sites is 2. The summed E-state index contributed by atoms with van der Waals surface area (Å²) in [5.41, 5.74) is 3.32. The van der Waals surface area contributed by atoms with Gasteiger partial charge in [0, 0.05) is 61.4 Å². The fourth-order valence-corrected chi connectivity index (χ4v) is 7.63. The number of aryl methyl sites for hydroxylation is 1. The molecule has 1 fully saturated rings. The Morgan fingerprint density at radius 2 is 1.60 bits per heavy atom. The van der Waals surface area contributed by atoms with Crippen LogP contribution in [-0.2, 0) is 21.2 Å². The zero-order valence-electron chi connectivity index (χ0n) is 27.7. The molecule has 4 aromatic carbocycles. The quantitative estimate of drug-likeness (QED) is 0.0892. The number of amides is 1. The van der Waals surface area contributed by atoms with Crippen molar-refractivity contribution in [1.29, 1.82) is 0 Å². The van der Waals surface area contributed by atoms with Crippen LogP contribution < -0.4 is 9.21 Å². The van der Waals surface area contributed by atoms with Crippen LogP contribution in [0.1, 0.15) is 39.0 Å². The molecule has 0 unspecified atom stereocenters. The first-order valence-corrected chi connectivity index (χ1v) is 17.7. The molecule has 50 heavy (non-hydrogen) atoms. The maximum absolute atomic E-state index is 14.6. The minimum absolute atomic E-state index is 0.0360. The van der Waals surface area contributed by atoms with Crippen molar-refractivity contribution in [3.05, 3.63) is 130 Å². The van der Waals surface area contributed by atoms with Gasteiger partial charge in [0.1, 0.15) is 5.58 Å². The van der Waals surface area contributed by atoms with Gasteiger partial charge in [0.15, 0.2) is 0 Å². The predicted molar refractivity (Wildman–Crippen MR) is 189 cm³/mol. The first-order chi connectivity index (χ1) is 24.1. The van der Waals surface area contributed by atoms with Crippen LogP contribution in [0.2, 0.25) is 0 Å². The first-order valence-electron chi connectivity index (χ1n) is 16.2. The van der Waals surface area contributed by atoms with Gasteiger partial charge in [-0.25, -0.2) is 13.2 Å². The highest BCUT2D eigenvalue weighted by atomic mass is 32.2. The van der Waals surface area contributed by atoms with Gasteiger partial charge in [-0.1, -0.05) is 42.5 Å². The lowest BCUT2D eigenvalue weighted by atomic mass is 10.1. The fraction of sp³-hybridized carbons (Fsp3) is 0.243. The molecule has 0 N–H and O–H groups in total. The highest BCUT2D eigenvalue weighted by Crippen LogP contribution is 2.36. The summed E-state index contributed by atoms with van der Waals surface area (Å²) in [6.07, 6.45) is 0.450. The van der Waals surface area contributed by atoms with E-state index in [1.54, 1.807) is 36.9 Å². The molecule has 5 aromatic rings. The van der Waals surface area contributed by atoms with E-state index in [0.717, 1.165) is 5.56 Å². The van der Waals surface area contributed by atoms with E-state index in [4.69, 9.17) is 9.15 Å². The minimum Gasteiger partial charge on any atom is -0.460 e. The number of rotatable bonds is 11. The Morgan fingerprint density at radius 1 is 0.920 bits per heavy atom. The van der Waals surface area contributed by atoms with Gasteiger partial charge in [-0.05, 0) is 68.3 Å². The number of nitro groups is 1. The Labute approximate surface area is 289 Å². The minimum atomic E-state index is -4.15. The van der Waals surface area contributed by atoms with Crippen LogP contribution >= 0.6 is 0 Å². The van der Waals surface area contributed by atoms with Crippen molar-refractivity contribution in [1.82, 2.24) is 4.90 Å². The maximum Gasteiger partial charge on any atom is 0.374 e. The molecule has 13 heteroatoms. The molecular formula is C37H36N4O8S. The Kier molecular flexibility index (Phi) is 9.86. The molecule has 1 amide bonds. The predicted octanol–water partition coefficient (Wildman–Crippen LogP) is 6.23. The summed E-state index contributed by atoms with van der Waals surface area (Å²) >= 11 is 0. The van der Waals surface area contributed by atoms with Crippen molar-refractivity contribution < 1.29 is 32.1 Å². The van der Waals surface area contributed by atoms with E-state index in [1.807, 2.05) is 42.5 Å². The van der Waals surface area contributed by atoms with Crippen molar-refractivity contribution in [2.24, 2.45) is 0 Å². The number of carbonyl (C=O) groups is 2. The molecule has 6 rings (SSSR count). The van der Waals surface area contributed by atoms with Gasteiger partial charge in [-0.3, -0.25) is 19.2 Å². The molecule has 0 spiro atoms. The Balaban J connectivity index is 1.30. The fourth-order valence-electron chi connectivity index (χ4n) is 6.13. The van der Waals surface area contributed by atoms with Crippen molar-refractivity contribution >= 4 is 49.9 Å². The van der Waals surface area contributed by atoms with Gasteiger partial charge in [0.2, 0.25) is 5.76 Å². The van der Waals surface area contributed by atoms with Gasteiger partial charge in [-0.15, -0.1) is 0 Å². The van der Waals surface area contributed by atoms with Crippen LogP contribution in [0, 0.1) is 17.0 Å². The van der Waals surface area contributed by atoms with Crippen molar-refractivity contribution in [2.75, 3.05) is 48.5 Å². The third-order valence-electron chi connectivity index (χ3n) is 8.79. The summed E-state index contributed by atoms with van der Waals surface area (Å²) in [6, 6.07) is 27.1. The lowest BCUT2D eigenvalue weighted by Crippen LogP contribution is -2.49. The van der Waals surface area contributed by atoms with Crippen LogP contribution in [0.3, 0.4) is 0 Å². The highest BCUT2D eigenvalue weighted by molar-refractivity contribution is 7.92. The average molecular weight is 697 g/mol. The number of carbonyl (C=O) groups excluding carboxylic acids is 2. The first kappa shape index (κ1) is 34.2. The molecular weight excluding hydrogens is 660 g/mol. The van der Waals surface area contributed by atoms with E-state index < -0.39 is 20.9 Å².